The first-order valence-electron chi connectivity index (χ1n) is 3.05. The molecule has 0 amide bonds. The fourth-order valence-corrected chi connectivity index (χ4v) is 0.881. The number of rotatable bonds is 1. The molecule has 0 saturated heterocycles. The standard InChI is InChI=1S/C7H4N2O2/c10-4-6-1-5-2-8-9-3-7(5)11-6/h1-4H. The van der Waals surface area contributed by atoms with E-state index in [1.165, 1.54) is 6.20 Å². The van der Waals surface area contributed by atoms with Crippen molar-refractivity contribution in [3.05, 3.63) is 24.2 Å². The molecule has 2 heterocycles. The van der Waals surface area contributed by atoms with Gasteiger partial charge < -0.3 is 4.42 Å². The molecule has 4 heteroatoms. The van der Waals surface area contributed by atoms with E-state index in [2.05, 4.69) is 10.2 Å². The molecule has 0 aliphatic rings. The molecule has 0 aromatic carbocycles. The normalized spacial score (nSPS) is 10.2. The predicted molar refractivity (Wildman–Crippen MR) is 37.2 cm³/mol. The first-order chi connectivity index (χ1) is 5.40. The minimum atomic E-state index is 0.301. The molecule has 0 bridgehead atoms. The van der Waals surface area contributed by atoms with Crippen LogP contribution in [0, 0.1) is 0 Å². The summed E-state index contributed by atoms with van der Waals surface area (Å²) in [5.41, 5.74) is 0.585. The lowest BCUT2D eigenvalue weighted by Gasteiger charge is -1.80. The van der Waals surface area contributed by atoms with Crippen molar-refractivity contribution in [2.75, 3.05) is 0 Å². The number of hydrogen-bond acceptors (Lipinski definition) is 4. The Balaban J connectivity index is 2.78. The lowest BCUT2D eigenvalue weighted by atomic mass is 10.3. The first-order valence-corrected chi connectivity index (χ1v) is 3.05. The number of carbonyl (C=O) groups is 1. The van der Waals surface area contributed by atoms with Crippen molar-refractivity contribution < 1.29 is 9.21 Å². The van der Waals surface area contributed by atoms with Gasteiger partial charge in [-0.3, -0.25) is 4.79 Å². The number of aldehydes is 1. The van der Waals surface area contributed by atoms with Crippen LogP contribution in [0.5, 0.6) is 0 Å². The third-order valence-electron chi connectivity index (χ3n) is 1.36. The summed E-state index contributed by atoms with van der Waals surface area (Å²) in [7, 11) is 0. The Kier molecular flexibility index (Phi) is 1.18. The fourth-order valence-electron chi connectivity index (χ4n) is 0.881. The van der Waals surface area contributed by atoms with Gasteiger partial charge in [-0.25, -0.2) is 0 Å². The SMILES string of the molecule is O=Cc1cc2cnncc2o1. The van der Waals surface area contributed by atoms with Crippen LogP contribution in [0.4, 0.5) is 0 Å². The van der Waals surface area contributed by atoms with Gasteiger partial charge in [-0.05, 0) is 6.07 Å². The molecule has 2 aromatic heterocycles. The zero-order valence-electron chi connectivity index (χ0n) is 5.52. The van der Waals surface area contributed by atoms with Crippen molar-refractivity contribution >= 4 is 17.3 Å². The van der Waals surface area contributed by atoms with Gasteiger partial charge in [0.05, 0.1) is 12.4 Å². The highest BCUT2D eigenvalue weighted by Crippen LogP contribution is 2.14. The van der Waals surface area contributed by atoms with Gasteiger partial charge in [0.2, 0.25) is 0 Å². The number of aromatic nitrogens is 2. The third-order valence-corrected chi connectivity index (χ3v) is 1.36. The van der Waals surface area contributed by atoms with Crippen molar-refractivity contribution in [3.63, 3.8) is 0 Å². The van der Waals surface area contributed by atoms with Crippen LogP contribution in [0.25, 0.3) is 11.0 Å². The summed E-state index contributed by atoms with van der Waals surface area (Å²) in [6.45, 7) is 0. The maximum atomic E-state index is 10.2. The molecule has 2 rings (SSSR count). The summed E-state index contributed by atoms with van der Waals surface area (Å²) in [6, 6.07) is 1.62. The zero-order valence-corrected chi connectivity index (χ0v) is 5.52. The smallest absolute Gasteiger partial charge is 0.185 e. The summed E-state index contributed by atoms with van der Waals surface area (Å²) in [5.74, 6) is 0.301. The first kappa shape index (κ1) is 6.03. The van der Waals surface area contributed by atoms with Gasteiger partial charge in [0.1, 0.15) is 0 Å². The summed E-state index contributed by atoms with van der Waals surface area (Å²) in [5, 5.41) is 8.03. The Hall–Kier alpha value is -1.71. The number of hydrogen-bond donors (Lipinski definition) is 0. The van der Waals surface area contributed by atoms with Gasteiger partial charge in [0.25, 0.3) is 0 Å². The Morgan fingerprint density at radius 2 is 2.18 bits per heavy atom. The molecule has 4 nitrogen and oxygen atoms in total. The molecule has 0 radical (unpaired) electrons. The van der Waals surface area contributed by atoms with Crippen LogP contribution in [-0.2, 0) is 0 Å². The van der Waals surface area contributed by atoms with Gasteiger partial charge in [0.15, 0.2) is 17.6 Å². The van der Waals surface area contributed by atoms with E-state index >= 15 is 0 Å². The average Bonchev–Trinajstić information content (AvgIpc) is 2.46. The van der Waals surface area contributed by atoms with E-state index in [1.807, 2.05) is 0 Å². The molecule has 0 aliphatic carbocycles. The van der Waals surface area contributed by atoms with E-state index in [9.17, 15) is 4.79 Å². The van der Waals surface area contributed by atoms with Gasteiger partial charge in [-0.15, -0.1) is 0 Å². The van der Waals surface area contributed by atoms with Crippen molar-refractivity contribution in [1.29, 1.82) is 0 Å². The quantitative estimate of drug-likeness (QED) is 0.567. The van der Waals surface area contributed by atoms with Gasteiger partial charge in [-0.2, -0.15) is 10.2 Å². The Labute approximate surface area is 61.8 Å². The molecule has 0 atom stereocenters. The summed E-state index contributed by atoms with van der Waals surface area (Å²) in [6.07, 6.45) is 3.67. The molecule has 0 N–H and O–H groups in total. The van der Waals surface area contributed by atoms with E-state index in [0.29, 0.717) is 17.6 Å². The highest BCUT2D eigenvalue weighted by molar-refractivity contribution is 5.83. The maximum absolute atomic E-state index is 10.2. The summed E-state index contributed by atoms with van der Waals surface area (Å²) < 4.78 is 5.05. The molecule has 54 valence electrons. The average molecular weight is 148 g/mol. The molecule has 0 aliphatic heterocycles. The second-order valence-corrected chi connectivity index (χ2v) is 2.08. The van der Waals surface area contributed by atoms with Crippen LogP contribution in [-0.4, -0.2) is 16.5 Å². The lowest BCUT2D eigenvalue weighted by Crippen LogP contribution is -1.73. The summed E-state index contributed by atoms with van der Waals surface area (Å²) in [4.78, 5) is 10.2. The monoisotopic (exact) mass is 148 g/mol. The molecular weight excluding hydrogens is 144 g/mol. The molecule has 11 heavy (non-hydrogen) atoms. The van der Waals surface area contributed by atoms with E-state index in [0.717, 1.165) is 5.39 Å². The molecule has 0 unspecified atom stereocenters. The second kappa shape index (κ2) is 2.16. The van der Waals surface area contributed by atoms with Crippen molar-refractivity contribution in [3.8, 4) is 0 Å². The molecule has 2 aromatic rings. The van der Waals surface area contributed by atoms with E-state index < -0.39 is 0 Å². The molecule has 0 spiro atoms. The minimum Gasteiger partial charge on any atom is -0.452 e. The lowest BCUT2D eigenvalue weighted by molar-refractivity contribution is 0.110. The number of nitrogens with zero attached hydrogens (tertiary/aromatic N) is 2. The Bertz CT molecular complexity index is 361. The topological polar surface area (TPSA) is 56.0 Å². The van der Waals surface area contributed by atoms with E-state index in [1.54, 1.807) is 12.3 Å². The Morgan fingerprint density at radius 3 is 2.91 bits per heavy atom. The van der Waals surface area contributed by atoms with Gasteiger partial charge in [-0.1, -0.05) is 0 Å². The van der Waals surface area contributed by atoms with Crippen LogP contribution >= 0.6 is 0 Å². The number of furan rings is 1. The summed E-state index contributed by atoms with van der Waals surface area (Å²) >= 11 is 0. The highest BCUT2D eigenvalue weighted by atomic mass is 16.3. The number of carbonyl (C=O) groups excluding carboxylic acids is 1. The van der Waals surface area contributed by atoms with Crippen molar-refractivity contribution in [1.82, 2.24) is 10.2 Å². The second-order valence-electron chi connectivity index (χ2n) is 2.08. The number of fused-ring (bicyclic) bond motifs is 1. The van der Waals surface area contributed by atoms with Crippen molar-refractivity contribution in [2.24, 2.45) is 0 Å². The minimum absolute atomic E-state index is 0.301. The van der Waals surface area contributed by atoms with Crippen LogP contribution < -0.4 is 0 Å². The Morgan fingerprint density at radius 1 is 1.36 bits per heavy atom. The van der Waals surface area contributed by atoms with Gasteiger partial charge in [0, 0.05) is 5.39 Å². The highest BCUT2D eigenvalue weighted by Gasteiger charge is 2.00. The van der Waals surface area contributed by atoms with Crippen LogP contribution in [0.2, 0.25) is 0 Å². The zero-order chi connectivity index (χ0) is 7.68. The molecule has 0 fully saturated rings. The van der Waals surface area contributed by atoms with Gasteiger partial charge >= 0.3 is 0 Å². The fraction of sp³-hybridized carbons (Fsp3) is 0. The maximum Gasteiger partial charge on any atom is 0.185 e. The predicted octanol–water partition coefficient (Wildman–Crippen LogP) is 1.04. The van der Waals surface area contributed by atoms with Crippen LogP contribution in [0.1, 0.15) is 10.6 Å². The molecular formula is C7H4N2O2. The largest absolute Gasteiger partial charge is 0.452 e. The van der Waals surface area contributed by atoms with Crippen molar-refractivity contribution in [2.45, 2.75) is 0 Å². The van der Waals surface area contributed by atoms with E-state index in [4.69, 9.17) is 4.42 Å². The van der Waals surface area contributed by atoms with Crippen LogP contribution in [0.15, 0.2) is 22.9 Å². The third kappa shape index (κ3) is 0.881. The van der Waals surface area contributed by atoms with Crippen LogP contribution in [0.3, 0.4) is 0 Å². The van der Waals surface area contributed by atoms with E-state index in [-0.39, 0.29) is 0 Å². The molecule has 0 saturated carbocycles.